The van der Waals surface area contributed by atoms with Crippen LogP contribution in [0.4, 0.5) is 10.9 Å². The number of nitrogens with one attached hydrogen (secondary N) is 1. The third-order valence-electron chi connectivity index (χ3n) is 4.85. The van der Waals surface area contributed by atoms with Crippen molar-refractivity contribution in [1.29, 1.82) is 0 Å². The molecule has 0 saturated carbocycles. The summed E-state index contributed by atoms with van der Waals surface area (Å²) in [7, 11) is 0. The Morgan fingerprint density at radius 1 is 1.27 bits per heavy atom. The topological polar surface area (TPSA) is 98.1 Å². The highest BCUT2D eigenvalue weighted by Gasteiger charge is 2.34. The lowest BCUT2D eigenvalue weighted by Crippen LogP contribution is -2.52. The summed E-state index contributed by atoms with van der Waals surface area (Å²) in [4.78, 5) is 27.7. The van der Waals surface area contributed by atoms with E-state index in [1.807, 2.05) is 48.4 Å². The summed E-state index contributed by atoms with van der Waals surface area (Å²) in [6.45, 7) is 3.76. The molecule has 0 bridgehead atoms. The normalized spacial score (nSPS) is 14.0. The highest BCUT2D eigenvalue weighted by molar-refractivity contribution is 7.22. The van der Waals surface area contributed by atoms with E-state index >= 15 is 0 Å². The molecular formula is C20H19N7O2S. The molecule has 10 heteroatoms. The number of hydrogen-bond acceptors (Lipinski definition) is 8. The van der Waals surface area contributed by atoms with Crippen molar-refractivity contribution in [2.45, 2.75) is 6.92 Å². The number of aromatic nitrogens is 5. The first-order valence-corrected chi connectivity index (χ1v) is 10.4. The van der Waals surface area contributed by atoms with Crippen molar-refractivity contribution in [3.05, 3.63) is 49.1 Å². The Balaban J connectivity index is 1.22. The van der Waals surface area contributed by atoms with Gasteiger partial charge in [0.05, 0.1) is 22.7 Å². The second-order valence-corrected chi connectivity index (χ2v) is 7.89. The molecule has 0 aliphatic carbocycles. The summed E-state index contributed by atoms with van der Waals surface area (Å²) in [6.07, 6.45) is 5.04. The lowest BCUT2D eigenvalue weighted by atomic mass is 9.99. The van der Waals surface area contributed by atoms with Gasteiger partial charge in [0.2, 0.25) is 5.91 Å². The third-order valence-corrected chi connectivity index (χ3v) is 5.79. The Morgan fingerprint density at radius 2 is 2.13 bits per heavy atom. The Morgan fingerprint density at radius 3 is 2.93 bits per heavy atom. The predicted molar refractivity (Wildman–Crippen MR) is 114 cm³/mol. The van der Waals surface area contributed by atoms with Gasteiger partial charge in [-0.3, -0.25) is 4.79 Å². The van der Waals surface area contributed by atoms with Gasteiger partial charge in [0.25, 0.3) is 0 Å². The molecule has 4 heterocycles. The number of nitrogens with zero attached hydrogens (tertiary/aromatic N) is 6. The van der Waals surface area contributed by atoms with E-state index in [0.717, 1.165) is 21.8 Å². The van der Waals surface area contributed by atoms with Crippen molar-refractivity contribution in [2.75, 3.05) is 29.9 Å². The molecule has 0 spiro atoms. The Labute approximate surface area is 176 Å². The summed E-state index contributed by atoms with van der Waals surface area (Å²) < 4.78 is 8.19. The fourth-order valence-corrected chi connectivity index (χ4v) is 4.19. The highest BCUT2D eigenvalue weighted by Crippen LogP contribution is 2.30. The van der Waals surface area contributed by atoms with Crippen molar-refractivity contribution in [2.24, 2.45) is 5.92 Å². The molecule has 4 aromatic rings. The SMILES string of the molecule is CCOc1ccc2nc(NC(=O)C3CN(c4cc(-n5cccn5)ncn4)C3)sc2c1. The summed E-state index contributed by atoms with van der Waals surface area (Å²) >= 11 is 1.45. The molecule has 1 fully saturated rings. The maximum Gasteiger partial charge on any atom is 0.232 e. The molecule has 3 aromatic heterocycles. The number of hydrogen-bond donors (Lipinski definition) is 1. The van der Waals surface area contributed by atoms with Crippen LogP contribution in [0.3, 0.4) is 0 Å². The molecule has 0 radical (unpaired) electrons. The van der Waals surface area contributed by atoms with Gasteiger partial charge in [-0.25, -0.2) is 19.6 Å². The van der Waals surface area contributed by atoms with E-state index in [4.69, 9.17) is 4.74 Å². The van der Waals surface area contributed by atoms with Gasteiger partial charge in [-0.1, -0.05) is 11.3 Å². The van der Waals surface area contributed by atoms with Crippen LogP contribution in [0.25, 0.3) is 16.0 Å². The standard InChI is InChI=1S/C20H19N7O2S/c1-2-29-14-4-5-15-16(8-14)30-20(24-15)25-19(28)13-10-26(11-13)17-9-18(22-12-21-17)27-7-3-6-23-27/h3-9,12-13H,2,10-11H2,1H3,(H,24,25,28). The monoisotopic (exact) mass is 421 g/mol. The third kappa shape index (κ3) is 3.57. The number of ether oxygens (including phenoxy) is 1. The molecule has 1 aliphatic rings. The minimum Gasteiger partial charge on any atom is -0.494 e. The minimum atomic E-state index is -0.112. The minimum absolute atomic E-state index is 0.0308. The van der Waals surface area contributed by atoms with Crippen LogP contribution in [-0.2, 0) is 4.79 Å². The van der Waals surface area contributed by atoms with Gasteiger partial charge in [0.15, 0.2) is 10.9 Å². The Kier molecular flexibility index (Phi) is 4.75. The Bertz CT molecular complexity index is 1190. The van der Waals surface area contributed by atoms with E-state index in [9.17, 15) is 4.79 Å². The summed E-state index contributed by atoms with van der Waals surface area (Å²) in [6, 6.07) is 9.45. The second-order valence-electron chi connectivity index (χ2n) is 6.86. The predicted octanol–water partition coefficient (Wildman–Crippen LogP) is 2.75. The van der Waals surface area contributed by atoms with Crippen molar-refractivity contribution in [3.63, 3.8) is 0 Å². The summed E-state index contributed by atoms with van der Waals surface area (Å²) in [5.41, 5.74) is 0.848. The molecule has 30 heavy (non-hydrogen) atoms. The summed E-state index contributed by atoms with van der Waals surface area (Å²) in [5, 5.41) is 7.73. The molecule has 1 aromatic carbocycles. The van der Waals surface area contributed by atoms with Crippen molar-refractivity contribution < 1.29 is 9.53 Å². The zero-order valence-corrected chi connectivity index (χ0v) is 17.0. The fraction of sp³-hybridized carbons (Fsp3) is 0.250. The number of carbonyl (C=O) groups excluding carboxylic acids is 1. The van der Waals surface area contributed by atoms with E-state index < -0.39 is 0 Å². The molecule has 0 unspecified atom stereocenters. The zero-order chi connectivity index (χ0) is 20.5. The second kappa shape index (κ2) is 7.71. The quantitative estimate of drug-likeness (QED) is 0.511. The summed E-state index contributed by atoms with van der Waals surface area (Å²) in [5.74, 6) is 2.14. The van der Waals surface area contributed by atoms with E-state index in [-0.39, 0.29) is 11.8 Å². The van der Waals surface area contributed by atoms with Crippen molar-refractivity contribution in [3.8, 4) is 11.6 Å². The average Bonchev–Trinajstić information content (AvgIpc) is 3.36. The number of benzene rings is 1. The van der Waals surface area contributed by atoms with Gasteiger partial charge < -0.3 is 15.0 Å². The van der Waals surface area contributed by atoms with Gasteiger partial charge in [0.1, 0.15) is 17.9 Å². The number of thiazole rings is 1. The first-order chi connectivity index (χ1) is 14.7. The van der Waals surface area contributed by atoms with Crippen molar-refractivity contribution >= 4 is 38.4 Å². The lowest BCUT2D eigenvalue weighted by Gasteiger charge is -2.38. The van der Waals surface area contributed by atoms with E-state index in [2.05, 4.69) is 25.4 Å². The van der Waals surface area contributed by atoms with Crippen LogP contribution in [0.2, 0.25) is 0 Å². The van der Waals surface area contributed by atoms with E-state index in [1.54, 1.807) is 10.9 Å². The van der Waals surface area contributed by atoms with Crippen LogP contribution in [0.5, 0.6) is 5.75 Å². The van der Waals surface area contributed by atoms with Crippen LogP contribution in [0.1, 0.15) is 6.92 Å². The number of amides is 1. The van der Waals surface area contributed by atoms with Crippen LogP contribution in [0, 0.1) is 5.92 Å². The molecule has 1 saturated heterocycles. The van der Waals surface area contributed by atoms with Gasteiger partial charge >= 0.3 is 0 Å². The molecule has 1 N–H and O–H groups in total. The van der Waals surface area contributed by atoms with E-state index in [0.29, 0.717) is 30.6 Å². The Hall–Kier alpha value is -3.53. The van der Waals surface area contributed by atoms with Crippen LogP contribution >= 0.6 is 11.3 Å². The van der Waals surface area contributed by atoms with Crippen LogP contribution in [0.15, 0.2) is 49.1 Å². The number of fused-ring (bicyclic) bond motifs is 1. The molecular weight excluding hydrogens is 402 g/mol. The molecule has 152 valence electrons. The average molecular weight is 421 g/mol. The molecule has 1 aliphatic heterocycles. The smallest absolute Gasteiger partial charge is 0.232 e. The van der Waals surface area contributed by atoms with E-state index in [1.165, 1.54) is 17.7 Å². The lowest BCUT2D eigenvalue weighted by molar-refractivity contribution is -0.120. The van der Waals surface area contributed by atoms with Gasteiger partial charge in [0, 0.05) is 31.5 Å². The first-order valence-electron chi connectivity index (χ1n) is 9.61. The molecule has 9 nitrogen and oxygen atoms in total. The fourth-order valence-electron chi connectivity index (χ4n) is 3.29. The zero-order valence-electron chi connectivity index (χ0n) is 16.2. The van der Waals surface area contributed by atoms with Crippen LogP contribution < -0.4 is 15.0 Å². The van der Waals surface area contributed by atoms with Gasteiger partial charge in [-0.15, -0.1) is 0 Å². The van der Waals surface area contributed by atoms with Gasteiger partial charge in [-0.05, 0) is 31.2 Å². The van der Waals surface area contributed by atoms with Crippen LogP contribution in [-0.4, -0.2) is 50.3 Å². The number of anilines is 2. The number of rotatable bonds is 6. The first kappa shape index (κ1) is 18.5. The molecule has 5 rings (SSSR count). The van der Waals surface area contributed by atoms with Gasteiger partial charge in [-0.2, -0.15) is 5.10 Å². The highest BCUT2D eigenvalue weighted by atomic mass is 32.1. The largest absolute Gasteiger partial charge is 0.494 e. The maximum atomic E-state index is 12.6. The molecule has 0 atom stereocenters. The molecule has 1 amide bonds. The number of carbonyl (C=O) groups is 1. The maximum absolute atomic E-state index is 12.6. The van der Waals surface area contributed by atoms with Crippen molar-refractivity contribution in [1.82, 2.24) is 24.7 Å².